The zero-order valence-electron chi connectivity index (χ0n) is 9.25. The second-order valence-corrected chi connectivity index (χ2v) is 6.30. The van der Waals surface area contributed by atoms with E-state index in [0.29, 0.717) is 0 Å². The van der Waals surface area contributed by atoms with E-state index in [1.54, 1.807) is 11.3 Å². The summed E-state index contributed by atoms with van der Waals surface area (Å²) in [6, 6.07) is 8.52. The largest absolute Gasteiger partial charge is 0.312 e. The predicted octanol–water partition coefficient (Wildman–Crippen LogP) is 4.61. The minimum absolute atomic E-state index is 0.913. The first-order chi connectivity index (χ1) is 8.25. The van der Waals surface area contributed by atoms with Crippen LogP contribution in [0.3, 0.4) is 0 Å². The average molecular weight is 375 g/mol. The summed E-state index contributed by atoms with van der Waals surface area (Å²) in [5.41, 5.74) is 2.71. The molecule has 0 aliphatic heterocycles. The fourth-order valence-corrected chi connectivity index (χ4v) is 2.93. The summed E-state index contributed by atoms with van der Waals surface area (Å²) in [5.74, 6) is 0. The van der Waals surface area contributed by atoms with Gasteiger partial charge in [0.15, 0.2) is 0 Å². The van der Waals surface area contributed by atoms with E-state index in [9.17, 15) is 0 Å². The maximum atomic E-state index is 3.51. The smallest absolute Gasteiger partial charge is 0.0320 e. The Morgan fingerprint density at radius 1 is 1.06 bits per heavy atom. The first-order valence-electron chi connectivity index (χ1n) is 5.41. The standard InChI is InChI=1S/C13H13Br2NS/c14-12-2-1-11(7-13(12)15)8-16-5-3-10-4-6-17-9-10/h1-2,4,6-7,9,16H,3,5,8H2. The van der Waals surface area contributed by atoms with Crippen LogP contribution in [0.15, 0.2) is 44.0 Å². The molecule has 0 spiro atoms. The molecule has 4 heteroatoms. The minimum Gasteiger partial charge on any atom is -0.312 e. The maximum Gasteiger partial charge on any atom is 0.0320 e. The van der Waals surface area contributed by atoms with Crippen LogP contribution in [-0.4, -0.2) is 6.54 Å². The highest BCUT2D eigenvalue weighted by molar-refractivity contribution is 9.13. The van der Waals surface area contributed by atoms with E-state index in [1.165, 1.54) is 11.1 Å². The monoisotopic (exact) mass is 373 g/mol. The normalized spacial score (nSPS) is 10.7. The highest BCUT2D eigenvalue weighted by Gasteiger charge is 1.98. The van der Waals surface area contributed by atoms with Crippen molar-refractivity contribution in [2.24, 2.45) is 0 Å². The van der Waals surface area contributed by atoms with Gasteiger partial charge in [0.1, 0.15) is 0 Å². The van der Waals surface area contributed by atoms with Crippen LogP contribution >= 0.6 is 43.2 Å². The third kappa shape index (κ3) is 4.21. The van der Waals surface area contributed by atoms with Gasteiger partial charge in [-0.25, -0.2) is 0 Å². The van der Waals surface area contributed by atoms with Gasteiger partial charge in [0.2, 0.25) is 0 Å². The molecule has 0 atom stereocenters. The van der Waals surface area contributed by atoms with Crippen molar-refractivity contribution in [2.75, 3.05) is 6.54 Å². The highest BCUT2D eigenvalue weighted by Crippen LogP contribution is 2.23. The molecule has 1 aromatic heterocycles. The molecule has 2 aromatic rings. The fourth-order valence-electron chi connectivity index (χ4n) is 1.55. The Hall–Kier alpha value is -0.160. The Kier molecular flexibility index (Phi) is 5.22. The van der Waals surface area contributed by atoms with Gasteiger partial charge in [-0.15, -0.1) is 0 Å². The lowest BCUT2D eigenvalue weighted by Crippen LogP contribution is -2.16. The molecule has 1 N–H and O–H groups in total. The summed E-state index contributed by atoms with van der Waals surface area (Å²) in [7, 11) is 0. The lowest BCUT2D eigenvalue weighted by molar-refractivity contribution is 0.687. The van der Waals surface area contributed by atoms with Crippen LogP contribution in [0.4, 0.5) is 0 Å². The number of halogens is 2. The van der Waals surface area contributed by atoms with Crippen LogP contribution in [0.1, 0.15) is 11.1 Å². The predicted molar refractivity (Wildman–Crippen MR) is 81.6 cm³/mol. The summed E-state index contributed by atoms with van der Waals surface area (Å²) in [5, 5.41) is 7.79. The molecule has 1 nitrogen and oxygen atoms in total. The molecule has 0 fully saturated rings. The molecule has 2 rings (SSSR count). The van der Waals surface area contributed by atoms with E-state index in [1.807, 2.05) is 0 Å². The zero-order chi connectivity index (χ0) is 12.1. The van der Waals surface area contributed by atoms with E-state index in [2.05, 4.69) is 72.2 Å². The van der Waals surface area contributed by atoms with E-state index in [-0.39, 0.29) is 0 Å². The second kappa shape index (κ2) is 6.69. The van der Waals surface area contributed by atoms with Crippen molar-refractivity contribution in [3.63, 3.8) is 0 Å². The Morgan fingerprint density at radius 2 is 1.94 bits per heavy atom. The first kappa shape index (κ1) is 13.3. The molecule has 0 amide bonds. The molecule has 90 valence electrons. The van der Waals surface area contributed by atoms with E-state index in [4.69, 9.17) is 0 Å². The second-order valence-electron chi connectivity index (χ2n) is 3.81. The van der Waals surface area contributed by atoms with Crippen LogP contribution in [0.25, 0.3) is 0 Å². The van der Waals surface area contributed by atoms with Crippen molar-refractivity contribution in [1.82, 2.24) is 5.32 Å². The van der Waals surface area contributed by atoms with Crippen molar-refractivity contribution < 1.29 is 0 Å². The van der Waals surface area contributed by atoms with Crippen molar-refractivity contribution >= 4 is 43.2 Å². The van der Waals surface area contributed by atoms with Gasteiger partial charge >= 0.3 is 0 Å². The third-order valence-corrected chi connectivity index (χ3v) is 5.10. The Labute approximate surface area is 123 Å². The molecule has 0 saturated carbocycles. The van der Waals surface area contributed by atoms with Gasteiger partial charge in [-0.1, -0.05) is 6.07 Å². The molecular weight excluding hydrogens is 362 g/mol. The molecule has 0 saturated heterocycles. The topological polar surface area (TPSA) is 12.0 Å². The van der Waals surface area contributed by atoms with E-state index in [0.717, 1.165) is 28.5 Å². The summed E-state index contributed by atoms with van der Waals surface area (Å²) < 4.78 is 2.20. The van der Waals surface area contributed by atoms with Gasteiger partial charge < -0.3 is 5.32 Å². The summed E-state index contributed by atoms with van der Waals surface area (Å²) >= 11 is 8.74. The number of rotatable bonds is 5. The van der Waals surface area contributed by atoms with Crippen LogP contribution in [0, 0.1) is 0 Å². The summed E-state index contributed by atoms with van der Waals surface area (Å²) in [4.78, 5) is 0. The van der Waals surface area contributed by atoms with Crippen LogP contribution in [-0.2, 0) is 13.0 Å². The molecule has 0 aliphatic rings. The van der Waals surface area contributed by atoms with Crippen LogP contribution in [0.2, 0.25) is 0 Å². The molecule has 17 heavy (non-hydrogen) atoms. The van der Waals surface area contributed by atoms with Gasteiger partial charge in [0.25, 0.3) is 0 Å². The molecular formula is C13H13Br2NS. The number of hydrogen-bond donors (Lipinski definition) is 1. The Bertz CT molecular complexity index is 468. The third-order valence-electron chi connectivity index (χ3n) is 2.48. The molecule has 0 aliphatic carbocycles. The lowest BCUT2D eigenvalue weighted by atomic mass is 10.2. The number of benzene rings is 1. The zero-order valence-corrected chi connectivity index (χ0v) is 13.2. The van der Waals surface area contributed by atoms with Crippen molar-refractivity contribution in [3.8, 4) is 0 Å². The van der Waals surface area contributed by atoms with Gasteiger partial charge in [0.05, 0.1) is 0 Å². The Morgan fingerprint density at radius 3 is 2.65 bits per heavy atom. The highest BCUT2D eigenvalue weighted by atomic mass is 79.9. The van der Waals surface area contributed by atoms with Gasteiger partial charge in [-0.2, -0.15) is 11.3 Å². The van der Waals surface area contributed by atoms with Gasteiger partial charge in [-0.3, -0.25) is 0 Å². The van der Waals surface area contributed by atoms with Crippen LogP contribution in [0.5, 0.6) is 0 Å². The number of hydrogen-bond acceptors (Lipinski definition) is 2. The van der Waals surface area contributed by atoms with Crippen molar-refractivity contribution in [2.45, 2.75) is 13.0 Å². The number of nitrogens with one attached hydrogen (secondary N) is 1. The quantitative estimate of drug-likeness (QED) is 0.753. The molecule has 0 unspecified atom stereocenters. The fraction of sp³-hybridized carbons (Fsp3) is 0.231. The SMILES string of the molecule is Brc1ccc(CNCCc2ccsc2)cc1Br. The molecule has 0 radical (unpaired) electrons. The van der Waals surface area contributed by atoms with Crippen molar-refractivity contribution in [1.29, 1.82) is 0 Å². The van der Waals surface area contributed by atoms with Crippen LogP contribution < -0.4 is 5.32 Å². The molecule has 1 aromatic carbocycles. The van der Waals surface area contributed by atoms with E-state index >= 15 is 0 Å². The number of thiophene rings is 1. The first-order valence-corrected chi connectivity index (χ1v) is 7.94. The van der Waals surface area contributed by atoms with E-state index < -0.39 is 0 Å². The summed E-state index contributed by atoms with van der Waals surface area (Å²) in [6.07, 6.45) is 1.10. The minimum atomic E-state index is 0.913. The van der Waals surface area contributed by atoms with Gasteiger partial charge in [-0.05, 0) is 84.9 Å². The molecule has 0 bridgehead atoms. The summed E-state index contributed by atoms with van der Waals surface area (Å²) in [6.45, 7) is 1.93. The molecule has 1 heterocycles. The lowest BCUT2D eigenvalue weighted by Gasteiger charge is -2.05. The van der Waals surface area contributed by atoms with Crippen molar-refractivity contribution in [3.05, 3.63) is 55.1 Å². The Balaban J connectivity index is 1.76. The average Bonchev–Trinajstić information content (AvgIpc) is 2.82. The maximum absolute atomic E-state index is 3.51. The van der Waals surface area contributed by atoms with Gasteiger partial charge in [0, 0.05) is 15.5 Å².